The van der Waals surface area contributed by atoms with Gasteiger partial charge in [0.05, 0.1) is 9.95 Å². The second-order valence-electron chi connectivity index (χ2n) is 3.72. The number of hydrogen-bond donors (Lipinski definition) is 1. The summed E-state index contributed by atoms with van der Waals surface area (Å²) in [6.07, 6.45) is 1.03. The Labute approximate surface area is 99.8 Å². The van der Waals surface area contributed by atoms with Crippen LogP contribution in [0.5, 0.6) is 0 Å². The molecule has 1 atom stereocenters. The van der Waals surface area contributed by atoms with Gasteiger partial charge < -0.3 is 5.32 Å². The van der Waals surface area contributed by atoms with Crippen molar-refractivity contribution in [1.82, 2.24) is 5.32 Å². The van der Waals surface area contributed by atoms with Crippen molar-refractivity contribution in [3.05, 3.63) is 38.9 Å². The van der Waals surface area contributed by atoms with E-state index in [9.17, 15) is 10.1 Å². The number of rotatable bonds is 5. The highest BCUT2D eigenvalue weighted by Gasteiger charge is 2.09. The Morgan fingerprint density at radius 3 is 2.75 bits per heavy atom. The second kappa shape index (κ2) is 5.82. The molecule has 0 radical (unpaired) electrons. The maximum atomic E-state index is 10.5. The standard InChI is InChI=1S/C11H15ClN2O2/c1-3-8(2)13-7-9-4-5-10(14(15)16)6-11(9)12/h4-6,8,13H,3,7H2,1-2H3. The van der Waals surface area contributed by atoms with E-state index in [4.69, 9.17) is 11.6 Å². The van der Waals surface area contributed by atoms with E-state index in [1.54, 1.807) is 6.07 Å². The van der Waals surface area contributed by atoms with Gasteiger partial charge in [-0.2, -0.15) is 0 Å². The summed E-state index contributed by atoms with van der Waals surface area (Å²) in [4.78, 5) is 10.1. The zero-order valence-corrected chi connectivity index (χ0v) is 10.1. The smallest absolute Gasteiger partial charge is 0.270 e. The molecule has 1 unspecified atom stereocenters. The van der Waals surface area contributed by atoms with E-state index in [0.717, 1.165) is 12.0 Å². The highest BCUT2D eigenvalue weighted by atomic mass is 35.5. The van der Waals surface area contributed by atoms with Crippen LogP contribution in [0.1, 0.15) is 25.8 Å². The van der Waals surface area contributed by atoms with Gasteiger partial charge in [0.2, 0.25) is 0 Å². The predicted molar refractivity (Wildman–Crippen MR) is 64.7 cm³/mol. The number of nitrogens with one attached hydrogen (secondary N) is 1. The van der Waals surface area contributed by atoms with E-state index in [1.165, 1.54) is 12.1 Å². The van der Waals surface area contributed by atoms with Gasteiger partial charge in [-0.25, -0.2) is 0 Å². The molecule has 0 saturated carbocycles. The van der Waals surface area contributed by atoms with Gasteiger partial charge >= 0.3 is 0 Å². The molecule has 0 fully saturated rings. The molecule has 0 saturated heterocycles. The first kappa shape index (κ1) is 12.9. The summed E-state index contributed by atoms with van der Waals surface area (Å²) in [6, 6.07) is 4.95. The maximum absolute atomic E-state index is 10.5. The summed E-state index contributed by atoms with van der Waals surface area (Å²) in [6.45, 7) is 4.81. The zero-order chi connectivity index (χ0) is 12.1. The van der Waals surface area contributed by atoms with Gasteiger partial charge in [0.1, 0.15) is 0 Å². The number of halogens is 1. The van der Waals surface area contributed by atoms with Crippen LogP contribution >= 0.6 is 11.6 Å². The van der Waals surface area contributed by atoms with Crippen molar-refractivity contribution in [2.24, 2.45) is 0 Å². The molecule has 1 rings (SSSR count). The molecule has 16 heavy (non-hydrogen) atoms. The fraction of sp³-hybridized carbons (Fsp3) is 0.455. The summed E-state index contributed by atoms with van der Waals surface area (Å²) >= 11 is 5.96. The van der Waals surface area contributed by atoms with Crippen LogP contribution in [0, 0.1) is 10.1 Å². The fourth-order valence-electron chi connectivity index (χ4n) is 1.22. The van der Waals surface area contributed by atoms with E-state index in [-0.39, 0.29) is 5.69 Å². The fourth-order valence-corrected chi connectivity index (χ4v) is 1.46. The number of non-ortho nitro benzene ring substituents is 1. The van der Waals surface area contributed by atoms with Crippen LogP contribution in [0.4, 0.5) is 5.69 Å². The molecule has 5 heteroatoms. The molecule has 0 heterocycles. The van der Waals surface area contributed by atoms with E-state index < -0.39 is 4.92 Å². The summed E-state index contributed by atoms with van der Waals surface area (Å²) in [5.41, 5.74) is 0.907. The normalized spacial score (nSPS) is 12.4. The Hall–Kier alpha value is -1.13. The van der Waals surface area contributed by atoms with Crippen LogP contribution in [0.15, 0.2) is 18.2 Å². The monoisotopic (exact) mass is 242 g/mol. The molecular formula is C11H15ClN2O2. The number of nitro groups is 1. The van der Waals surface area contributed by atoms with E-state index in [1.807, 2.05) is 0 Å². The zero-order valence-electron chi connectivity index (χ0n) is 9.37. The van der Waals surface area contributed by atoms with Crippen LogP contribution in [0.3, 0.4) is 0 Å². The summed E-state index contributed by atoms with van der Waals surface area (Å²) < 4.78 is 0. The highest BCUT2D eigenvalue weighted by molar-refractivity contribution is 6.31. The SMILES string of the molecule is CCC(C)NCc1ccc([N+](=O)[O-])cc1Cl. The van der Waals surface area contributed by atoms with Crippen molar-refractivity contribution >= 4 is 17.3 Å². The summed E-state index contributed by atoms with van der Waals surface area (Å²) in [7, 11) is 0. The van der Waals surface area contributed by atoms with Crippen molar-refractivity contribution in [2.45, 2.75) is 32.9 Å². The molecule has 0 aromatic heterocycles. The lowest BCUT2D eigenvalue weighted by Crippen LogP contribution is -2.24. The first-order valence-electron chi connectivity index (χ1n) is 5.20. The Morgan fingerprint density at radius 2 is 2.25 bits per heavy atom. The molecular weight excluding hydrogens is 228 g/mol. The molecule has 1 aromatic carbocycles. The number of benzene rings is 1. The number of nitro benzene ring substituents is 1. The molecule has 1 aromatic rings. The summed E-state index contributed by atoms with van der Waals surface area (Å²) in [5, 5.41) is 14.2. The lowest BCUT2D eigenvalue weighted by atomic mass is 10.2. The van der Waals surface area contributed by atoms with Crippen LogP contribution in [-0.4, -0.2) is 11.0 Å². The van der Waals surface area contributed by atoms with Crippen LogP contribution in [0.2, 0.25) is 5.02 Å². The largest absolute Gasteiger partial charge is 0.310 e. The van der Waals surface area contributed by atoms with Crippen molar-refractivity contribution < 1.29 is 4.92 Å². The first-order valence-corrected chi connectivity index (χ1v) is 5.58. The third-order valence-corrected chi connectivity index (χ3v) is 2.85. The maximum Gasteiger partial charge on any atom is 0.270 e. The topological polar surface area (TPSA) is 55.2 Å². The van der Waals surface area contributed by atoms with E-state index >= 15 is 0 Å². The Morgan fingerprint density at radius 1 is 1.56 bits per heavy atom. The quantitative estimate of drug-likeness (QED) is 0.638. The molecule has 0 amide bonds. The Balaban J connectivity index is 2.72. The molecule has 88 valence electrons. The van der Waals surface area contributed by atoms with Gasteiger partial charge in [0, 0.05) is 24.7 Å². The third kappa shape index (κ3) is 3.47. The molecule has 0 aliphatic rings. The van der Waals surface area contributed by atoms with Gasteiger partial charge in [0.15, 0.2) is 0 Å². The van der Waals surface area contributed by atoms with Crippen molar-refractivity contribution in [1.29, 1.82) is 0 Å². The molecule has 0 aliphatic heterocycles. The second-order valence-corrected chi connectivity index (χ2v) is 4.13. The van der Waals surface area contributed by atoms with Crippen LogP contribution in [-0.2, 0) is 6.54 Å². The number of hydrogen-bond acceptors (Lipinski definition) is 3. The molecule has 0 aliphatic carbocycles. The van der Waals surface area contributed by atoms with Crippen molar-refractivity contribution in [3.8, 4) is 0 Å². The molecule has 0 spiro atoms. The van der Waals surface area contributed by atoms with Crippen molar-refractivity contribution in [2.75, 3.05) is 0 Å². The molecule has 4 nitrogen and oxygen atoms in total. The first-order chi connectivity index (χ1) is 7.54. The third-order valence-electron chi connectivity index (χ3n) is 2.50. The summed E-state index contributed by atoms with van der Waals surface area (Å²) in [5.74, 6) is 0. The molecule has 1 N–H and O–H groups in total. The minimum atomic E-state index is -0.447. The van der Waals surface area contributed by atoms with E-state index in [0.29, 0.717) is 17.6 Å². The average molecular weight is 243 g/mol. The molecule has 0 bridgehead atoms. The lowest BCUT2D eigenvalue weighted by Gasteiger charge is -2.11. The highest BCUT2D eigenvalue weighted by Crippen LogP contribution is 2.22. The van der Waals surface area contributed by atoms with Crippen LogP contribution in [0.25, 0.3) is 0 Å². The van der Waals surface area contributed by atoms with Gasteiger partial charge in [-0.15, -0.1) is 0 Å². The van der Waals surface area contributed by atoms with Crippen molar-refractivity contribution in [3.63, 3.8) is 0 Å². The predicted octanol–water partition coefficient (Wildman–Crippen LogP) is 3.14. The van der Waals surface area contributed by atoms with Gasteiger partial charge in [-0.05, 0) is 25.0 Å². The Bertz CT molecular complexity index is 382. The number of nitrogens with zero attached hydrogens (tertiary/aromatic N) is 1. The van der Waals surface area contributed by atoms with E-state index in [2.05, 4.69) is 19.2 Å². The van der Waals surface area contributed by atoms with Gasteiger partial charge in [-0.1, -0.05) is 18.5 Å². The Kier molecular flexibility index (Phi) is 4.71. The van der Waals surface area contributed by atoms with Crippen LogP contribution < -0.4 is 5.32 Å². The van der Waals surface area contributed by atoms with Gasteiger partial charge in [-0.3, -0.25) is 10.1 Å². The van der Waals surface area contributed by atoms with Gasteiger partial charge in [0.25, 0.3) is 5.69 Å². The minimum absolute atomic E-state index is 0.0253. The minimum Gasteiger partial charge on any atom is -0.310 e. The average Bonchev–Trinajstić information content (AvgIpc) is 2.26. The lowest BCUT2D eigenvalue weighted by molar-refractivity contribution is -0.384.